The molecule has 2 aromatic rings. The van der Waals surface area contributed by atoms with Crippen molar-refractivity contribution in [3.8, 4) is 0 Å². The average Bonchev–Trinajstić information content (AvgIpc) is 2.51. The minimum Gasteiger partial charge on any atom is -0.204 e. The van der Waals surface area contributed by atoms with Crippen LogP contribution in [0.15, 0.2) is 36.4 Å². The second-order valence-corrected chi connectivity index (χ2v) is 4.83. The maximum Gasteiger partial charge on any atom is 0.194 e. The van der Waals surface area contributed by atoms with E-state index in [1.165, 1.54) is 12.1 Å². The Morgan fingerprint density at radius 3 is 1.82 bits per heavy atom. The summed E-state index contributed by atoms with van der Waals surface area (Å²) in [6.45, 7) is 1.99. The van der Waals surface area contributed by atoms with Gasteiger partial charge in [0.25, 0.3) is 0 Å². The molecule has 0 bridgehead atoms. The van der Waals surface area contributed by atoms with E-state index in [4.69, 9.17) is 0 Å². The van der Waals surface area contributed by atoms with Crippen LogP contribution in [0.4, 0.5) is 22.0 Å². The van der Waals surface area contributed by atoms with Gasteiger partial charge in [0.1, 0.15) is 0 Å². The highest BCUT2D eigenvalue weighted by Gasteiger charge is 2.17. The van der Waals surface area contributed by atoms with Crippen molar-refractivity contribution < 1.29 is 22.0 Å². The summed E-state index contributed by atoms with van der Waals surface area (Å²) in [4.78, 5) is 0. The highest BCUT2D eigenvalue weighted by Crippen LogP contribution is 2.30. The molecule has 0 unspecified atom stereocenters. The number of benzene rings is 2. The lowest BCUT2D eigenvalue weighted by Crippen LogP contribution is -1.94. The van der Waals surface area contributed by atoms with E-state index in [9.17, 15) is 22.0 Å². The Morgan fingerprint density at radius 2 is 1.32 bits per heavy atom. The maximum atomic E-state index is 14.1. The Balaban J connectivity index is 2.40. The summed E-state index contributed by atoms with van der Waals surface area (Å²) in [6.07, 6.45) is 1.72. The zero-order valence-electron chi connectivity index (χ0n) is 11.8. The van der Waals surface area contributed by atoms with Gasteiger partial charge in [0, 0.05) is 11.1 Å². The van der Waals surface area contributed by atoms with E-state index in [0.717, 1.165) is 18.4 Å². The molecule has 116 valence electrons. The molecule has 0 nitrogen and oxygen atoms in total. The zero-order chi connectivity index (χ0) is 16.3. The van der Waals surface area contributed by atoms with Gasteiger partial charge in [-0.1, -0.05) is 37.6 Å². The van der Waals surface area contributed by atoms with Crippen molar-refractivity contribution in [2.45, 2.75) is 19.8 Å². The lowest BCUT2D eigenvalue weighted by molar-refractivity contribution is 0.446. The number of hydrogen-bond acceptors (Lipinski definition) is 0. The summed E-state index contributed by atoms with van der Waals surface area (Å²) in [5, 5.41) is 0. The normalized spacial score (nSPS) is 12.3. The molecule has 0 aliphatic heterocycles. The lowest BCUT2D eigenvalue weighted by Gasteiger charge is -2.05. The second kappa shape index (κ2) is 6.73. The van der Waals surface area contributed by atoms with Crippen LogP contribution >= 0.6 is 0 Å². The highest BCUT2D eigenvalue weighted by atomic mass is 19.2. The first-order valence-electron chi connectivity index (χ1n) is 6.73. The molecule has 0 N–H and O–H groups in total. The molecule has 0 aliphatic rings. The van der Waals surface area contributed by atoms with Crippen molar-refractivity contribution in [1.82, 2.24) is 0 Å². The standard InChI is InChI=1S/C17H13F5/c1-2-3-10-4-6-11(7-5-10)15(20)16(21)12-8-13(18)17(22)14(19)9-12/h4-9H,2-3H2,1H3/b16-15+. The number of hydrogen-bond donors (Lipinski definition) is 0. The van der Waals surface area contributed by atoms with Gasteiger partial charge in [0.05, 0.1) is 0 Å². The fraction of sp³-hybridized carbons (Fsp3) is 0.176. The van der Waals surface area contributed by atoms with E-state index < -0.39 is 34.7 Å². The fourth-order valence-corrected chi connectivity index (χ4v) is 2.04. The van der Waals surface area contributed by atoms with Gasteiger partial charge in [-0.3, -0.25) is 0 Å². The van der Waals surface area contributed by atoms with Crippen molar-refractivity contribution in [1.29, 1.82) is 0 Å². The summed E-state index contributed by atoms with van der Waals surface area (Å²) in [7, 11) is 0. The molecule has 0 amide bonds. The first kappa shape index (κ1) is 16.2. The van der Waals surface area contributed by atoms with Crippen LogP contribution in [0.3, 0.4) is 0 Å². The molecule has 0 fully saturated rings. The molecule has 0 spiro atoms. The first-order valence-corrected chi connectivity index (χ1v) is 6.73. The van der Waals surface area contributed by atoms with Gasteiger partial charge in [-0.2, -0.15) is 0 Å². The molecule has 22 heavy (non-hydrogen) atoms. The Bertz CT molecular complexity index is 678. The average molecular weight is 312 g/mol. The van der Waals surface area contributed by atoms with Crippen LogP contribution in [0.2, 0.25) is 0 Å². The molecular weight excluding hydrogens is 299 g/mol. The van der Waals surface area contributed by atoms with Crippen LogP contribution < -0.4 is 0 Å². The number of halogens is 5. The van der Waals surface area contributed by atoms with Crippen molar-refractivity contribution in [2.24, 2.45) is 0 Å². The molecule has 0 aromatic heterocycles. The summed E-state index contributed by atoms with van der Waals surface area (Å²) >= 11 is 0. The molecule has 0 saturated carbocycles. The topological polar surface area (TPSA) is 0 Å². The van der Waals surface area contributed by atoms with E-state index in [1.54, 1.807) is 12.1 Å². The Morgan fingerprint density at radius 1 is 0.818 bits per heavy atom. The van der Waals surface area contributed by atoms with Gasteiger partial charge in [-0.05, 0) is 24.1 Å². The highest BCUT2D eigenvalue weighted by molar-refractivity contribution is 5.83. The van der Waals surface area contributed by atoms with Crippen LogP contribution in [0, 0.1) is 17.5 Å². The first-order chi connectivity index (χ1) is 10.4. The van der Waals surface area contributed by atoms with Crippen LogP contribution in [0.25, 0.3) is 11.7 Å². The third-order valence-electron chi connectivity index (χ3n) is 3.18. The van der Waals surface area contributed by atoms with E-state index in [1.807, 2.05) is 6.92 Å². The quantitative estimate of drug-likeness (QED) is 0.379. The maximum absolute atomic E-state index is 14.1. The minimum atomic E-state index is -1.72. The summed E-state index contributed by atoms with van der Waals surface area (Å²) < 4.78 is 67.1. The number of aryl methyl sites for hydroxylation is 1. The van der Waals surface area contributed by atoms with Crippen molar-refractivity contribution in [2.75, 3.05) is 0 Å². The Kier molecular flexibility index (Phi) is 4.96. The van der Waals surface area contributed by atoms with Gasteiger partial charge in [0.2, 0.25) is 0 Å². The third-order valence-corrected chi connectivity index (χ3v) is 3.18. The summed E-state index contributed by atoms with van der Waals surface area (Å²) in [5.74, 6) is -7.57. The van der Waals surface area contributed by atoms with Crippen LogP contribution in [0.1, 0.15) is 30.0 Å². The van der Waals surface area contributed by atoms with Gasteiger partial charge in [0.15, 0.2) is 29.1 Å². The lowest BCUT2D eigenvalue weighted by atomic mass is 10.1. The van der Waals surface area contributed by atoms with Crippen LogP contribution in [0.5, 0.6) is 0 Å². The molecule has 0 heterocycles. The monoisotopic (exact) mass is 312 g/mol. The molecule has 0 radical (unpaired) electrons. The number of rotatable bonds is 4. The molecule has 2 rings (SSSR count). The Hall–Kier alpha value is -2.17. The predicted molar refractivity (Wildman–Crippen MR) is 75.8 cm³/mol. The molecule has 2 aromatic carbocycles. The van der Waals surface area contributed by atoms with Gasteiger partial charge < -0.3 is 0 Å². The second-order valence-electron chi connectivity index (χ2n) is 4.83. The molecule has 0 saturated heterocycles. The molecule has 0 aliphatic carbocycles. The van der Waals surface area contributed by atoms with Crippen molar-refractivity contribution in [3.05, 3.63) is 70.5 Å². The van der Waals surface area contributed by atoms with E-state index in [-0.39, 0.29) is 5.56 Å². The minimum absolute atomic E-state index is 0.0532. The van der Waals surface area contributed by atoms with Gasteiger partial charge in [-0.15, -0.1) is 0 Å². The summed E-state index contributed by atoms with van der Waals surface area (Å²) in [6, 6.07) is 6.90. The molecular formula is C17H13F5. The predicted octanol–water partition coefficient (Wildman–Crippen LogP) is 5.82. The smallest absolute Gasteiger partial charge is 0.194 e. The SMILES string of the molecule is CCCc1ccc(/C(F)=C(\F)c2cc(F)c(F)c(F)c2)cc1. The van der Waals surface area contributed by atoms with Crippen molar-refractivity contribution in [3.63, 3.8) is 0 Å². The Labute approximate surface area is 124 Å². The third kappa shape index (κ3) is 3.35. The van der Waals surface area contributed by atoms with Crippen LogP contribution in [-0.2, 0) is 6.42 Å². The largest absolute Gasteiger partial charge is 0.204 e. The summed E-state index contributed by atoms with van der Waals surface area (Å²) in [5.41, 5.74) is 0.229. The van der Waals surface area contributed by atoms with E-state index >= 15 is 0 Å². The van der Waals surface area contributed by atoms with E-state index in [0.29, 0.717) is 12.1 Å². The molecule has 5 heteroatoms. The zero-order valence-corrected chi connectivity index (χ0v) is 11.8. The van der Waals surface area contributed by atoms with Crippen molar-refractivity contribution >= 4 is 11.7 Å². The van der Waals surface area contributed by atoms with Gasteiger partial charge >= 0.3 is 0 Å². The van der Waals surface area contributed by atoms with E-state index in [2.05, 4.69) is 0 Å². The fourth-order valence-electron chi connectivity index (χ4n) is 2.04. The van der Waals surface area contributed by atoms with Gasteiger partial charge in [-0.25, -0.2) is 22.0 Å². The molecule has 0 atom stereocenters. The van der Waals surface area contributed by atoms with Crippen LogP contribution in [-0.4, -0.2) is 0 Å².